The fourth-order valence-corrected chi connectivity index (χ4v) is 4.53. The van der Waals surface area contributed by atoms with Crippen molar-refractivity contribution >= 4 is 17.7 Å². The average molecular weight is 394 g/mol. The number of benzene rings is 1. The molecule has 0 spiro atoms. The molecule has 144 valence electrons. The van der Waals surface area contributed by atoms with Crippen LogP contribution in [0.5, 0.6) is 0 Å². The number of pyridine rings is 1. The van der Waals surface area contributed by atoms with Crippen molar-refractivity contribution in [3.05, 3.63) is 76.8 Å². The summed E-state index contributed by atoms with van der Waals surface area (Å²) in [6, 6.07) is 14.1. The number of carbonyl (C=O) groups excluding carboxylic acids is 1. The summed E-state index contributed by atoms with van der Waals surface area (Å²) in [5, 5.41) is 7.85. The molecular weight excluding hydrogens is 370 g/mol. The summed E-state index contributed by atoms with van der Waals surface area (Å²) >= 11 is 1.53. The van der Waals surface area contributed by atoms with Gasteiger partial charge in [0.05, 0.1) is 11.3 Å². The molecule has 0 saturated heterocycles. The van der Waals surface area contributed by atoms with Crippen molar-refractivity contribution in [2.75, 3.05) is 6.54 Å². The van der Waals surface area contributed by atoms with Crippen LogP contribution in [0.3, 0.4) is 0 Å². The van der Waals surface area contributed by atoms with Gasteiger partial charge in [0.25, 0.3) is 5.91 Å². The third-order valence-electron chi connectivity index (χ3n) is 5.38. The molecule has 2 heterocycles. The first-order valence-electron chi connectivity index (χ1n) is 9.42. The van der Waals surface area contributed by atoms with E-state index in [9.17, 15) is 4.79 Å². The van der Waals surface area contributed by atoms with E-state index in [0.717, 1.165) is 34.9 Å². The molecule has 0 radical (unpaired) electrons. The zero-order valence-electron chi connectivity index (χ0n) is 16.1. The topological polar surface area (TPSA) is 68.0 Å². The third-order valence-corrected chi connectivity index (χ3v) is 6.41. The molecule has 1 aromatic carbocycles. The van der Waals surface area contributed by atoms with Crippen molar-refractivity contribution in [3.8, 4) is 0 Å². The molecule has 0 unspecified atom stereocenters. The molecule has 1 aliphatic rings. The molecular formula is C22H23N3O2S. The molecule has 1 saturated carbocycles. The van der Waals surface area contributed by atoms with Crippen molar-refractivity contribution in [1.82, 2.24) is 15.5 Å². The van der Waals surface area contributed by atoms with Gasteiger partial charge in [-0.15, -0.1) is 11.8 Å². The molecule has 0 aliphatic heterocycles. The van der Waals surface area contributed by atoms with Gasteiger partial charge in [-0.05, 0) is 44.4 Å². The lowest BCUT2D eigenvalue weighted by atomic mass is 9.96. The first kappa shape index (κ1) is 18.7. The predicted octanol–water partition coefficient (Wildman–Crippen LogP) is 4.44. The Morgan fingerprint density at radius 2 is 1.96 bits per heavy atom. The summed E-state index contributed by atoms with van der Waals surface area (Å²) in [4.78, 5) is 17.3. The number of rotatable bonds is 7. The molecule has 1 aliphatic carbocycles. The maximum atomic E-state index is 12.9. The molecule has 1 N–H and O–H groups in total. The lowest BCUT2D eigenvalue weighted by Gasteiger charge is -2.17. The smallest absolute Gasteiger partial charge is 0.254 e. The first-order chi connectivity index (χ1) is 13.6. The summed E-state index contributed by atoms with van der Waals surface area (Å²) in [5.74, 6) is 1.41. The second-order valence-corrected chi connectivity index (χ2v) is 8.24. The Hall–Kier alpha value is -2.60. The Bertz CT molecular complexity index is 961. The molecule has 2 aromatic heterocycles. The summed E-state index contributed by atoms with van der Waals surface area (Å²) in [5.41, 5.74) is 3.94. The lowest BCUT2D eigenvalue weighted by molar-refractivity contribution is 0.0946. The maximum Gasteiger partial charge on any atom is 0.254 e. The second kappa shape index (κ2) is 7.80. The van der Waals surface area contributed by atoms with Gasteiger partial charge in [0.15, 0.2) is 0 Å². The number of amides is 1. The van der Waals surface area contributed by atoms with Gasteiger partial charge in [0.2, 0.25) is 0 Å². The van der Waals surface area contributed by atoms with Crippen LogP contribution in [-0.2, 0) is 11.2 Å². The largest absolute Gasteiger partial charge is 0.361 e. The number of aromatic nitrogens is 2. The van der Waals surface area contributed by atoms with E-state index in [1.807, 2.05) is 26.0 Å². The highest BCUT2D eigenvalue weighted by Gasteiger charge is 2.44. The SMILES string of the molecule is Cc1noc(C)c1CSc1ncccc1C(=O)NCC1(c2ccccc2)CC1. The monoisotopic (exact) mass is 393 g/mol. The van der Waals surface area contributed by atoms with Gasteiger partial charge < -0.3 is 9.84 Å². The van der Waals surface area contributed by atoms with Crippen LogP contribution < -0.4 is 5.32 Å². The predicted molar refractivity (Wildman–Crippen MR) is 109 cm³/mol. The van der Waals surface area contributed by atoms with E-state index >= 15 is 0 Å². The zero-order valence-corrected chi connectivity index (χ0v) is 16.9. The van der Waals surface area contributed by atoms with Gasteiger partial charge >= 0.3 is 0 Å². The van der Waals surface area contributed by atoms with Crippen LogP contribution in [0.25, 0.3) is 0 Å². The molecule has 5 nitrogen and oxygen atoms in total. The second-order valence-electron chi connectivity index (χ2n) is 7.28. The van der Waals surface area contributed by atoms with Crippen molar-refractivity contribution < 1.29 is 9.32 Å². The van der Waals surface area contributed by atoms with E-state index in [0.29, 0.717) is 17.9 Å². The molecule has 0 atom stereocenters. The average Bonchev–Trinajstić information content (AvgIpc) is 3.46. The van der Waals surface area contributed by atoms with E-state index in [1.165, 1.54) is 17.3 Å². The van der Waals surface area contributed by atoms with Crippen molar-refractivity contribution in [2.24, 2.45) is 0 Å². The normalized spacial score (nSPS) is 14.6. The fourth-order valence-electron chi connectivity index (χ4n) is 3.38. The number of nitrogens with one attached hydrogen (secondary N) is 1. The fraction of sp³-hybridized carbons (Fsp3) is 0.318. The highest BCUT2D eigenvalue weighted by Crippen LogP contribution is 2.47. The quantitative estimate of drug-likeness (QED) is 0.601. The van der Waals surface area contributed by atoms with Crippen molar-refractivity contribution in [2.45, 2.75) is 42.9 Å². The summed E-state index contributed by atoms with van der Waals surface area (Å²) < 4.78 is 5.22. The molecule has 1 amide bonds. The molecule has 0 bridgehead atoms. The third kappa shape index (κ3) is 3.83. The van der Waals surface area contributed by atoms with Crippen molar-refractivity contribution in [1.29, 1.82) is 0 Å². The molecule has 6 heteroatoms. The molecule has 3 aromatic rings. The van der Waals surface area contributed by atoms with Gasteiger partial charge in [-0.3, -0.25) is 4.79 Å². The van der Waals surface area contributed by atoms with E-state index < -0.39 is 0 Å². The van der Waals surface area contributed by atoms with Crippen LogP contribution in [-0.4, -0.2) is 22.6 Å². The Balaban J connectivity index is 1.44. The Morgan fingerprint density at radius 1 is 1.18 bits per heavy atom. The Morgan fingerprint density at radius 3 is 2.64 bits per heavy atom. The Kier molecular flexibility index (Phi) is 5.22. The van der Waals surface area contributed by atoms with Gasteiger partial charge in [0.1, 0.15) is 10.8 Å². The van der Waals surface area contributed by atoms with E-state index in [1.54, 1.807) is 12.3 Å². The van der Waals surface area contributed by atoms with E-state index in [2.05, 4.69) is 39.7 Å². The molecule has 4 rings (SSSR count). The number of aryl methyl sites for hydroxylation is 2. The number of hydrogen-bond donors (Lipinski definition) is 1. The van der Waals surface area contributed by atoms with Crippen LogP contribution in [0, 0.1) is 13.8 Å². The minimum absolute atomic E-state index is 0.0726. The minimum Gasteiger partial charge on any atom is -0.361 e. The molecule has 1 fully saturated rings. The minimum atomic E-state index is -0.0726. The van der Waals surface area contributed by atoms with Gasteiger partial charge in [-0.2, -0.15) is 0 Å². The van der Waals surface area contributed by atoms with Gasteiger partial charge in [-0.25, -0.2) is 4.98 Å². The van der Waals surface area contributed by atoms with E-state index in [4.69, 9.17) is 4.52 Å². The maximum absolute atomic E-state index is 12.9. The van der Waals surface area contributed by atoms with Crippen LogP contribution in [0.2, 0.25) is 0 Å². The van der Waals surface area contributed by atoms with Crippen LogP contribution in [0.4, 0.5) is 0 Å². The highest BCUT2D eigenvalue weighted by molar-refractivity contribution is 7.98. The standard InChI is InChI=1S/C22H23N3O2S/c1-15-19(16(2)27-25-15)13-28-21-18(9-6-12-23-21)20(26)24-14-22(10-11-22)17-7-4-3-5-8-17/h3-9,12H,10-11,13-14H2,1-2H3,(H,24,26). The lowest BCUT2D eigenvalue weighted by Crippen LogP contribution is -2.32. The first-order valence-corrected chi connectivity index (χ1v) is 10.4. The van der Waals surface area contributed by atoms with Gasteiger partial charge in [-0.1, -0.05) is 35.5 Å². The number of carbonyl (C=O) groups is 1. The highest BCUT2D eigenvalue weighted by atomic mass is 32.2. The van der Waals surface area contributed by atoms with Gasteiger partial charge in [0, 0.05) is 29.5 Å². The summed E-state index contributed by atoms with van der Waals surface area (Å²) in [6.07, 6.45) is 3.94. The van der Waals surface area contributed by atoms with Crippen molar-refractivity contribution in [3.63, 3.8) is 0 Å². The van der Waals surface area contributed by atoms with Crippen LogP contribution in [0.15, 0.2) is 58.2 Å². The zero-order chi connectivity index (χ0) is 19.6. The van der Waals surface area contributed by atoms with E-state index in [-0.39, 0.29) is 11.3 Å². The van der Waals surface area contributed by atoms with Crippen LogP contribution >= 0.6 is 11.8 Å². The summed E-state index contributed by atoms with van der Waals surface area (Å²) in [7, 11) is 0. The number of hydrogen-bond acceptors (Lipinski definition) is 5. The number of thioether (sulfide) groups is 1. The number of nitrogens with zero attached hydrogens (tertiary/aromatic N) is 2. The molecule has 28 heavy (non-hydrogen) atoms. The van der Waals surface area contributed by atoms with Crippen LogP contribution in [0.1, 0.15) is 45.8 Å². The summed E-state index contributed by atoms with van der Waals surface area (Å²) in [6.45, 7) is 4.48. The Labute approximate surface area is 168 Å².